The molecule has 92 valence electrons. The molecule has 0 aliphatic heterocycles. The molecule has 0 aromatic heterocycles. The van der Waals surface area contributed by atoms with Crippen LogP contribution in [0, 0.1) is 18.7 Å². The number of amides is 1. The molecule has 0 radical (unpaired) electrons. The summed E-state index contributed by atoms with van der Waals surface area (Å²) in [5, 5.41) is 2.72. The SMILES string of the molecule is Cc1ccc(NC(=O)C2CCCC2N)cc1F. The second kappa shape index (κ2) is 4.84. The first-order chi connectivity index (χ1) is 8.08. The van der Waals surface area contributed by atoms with Crippen molar-refractivity contribution < 1.29 is 9.18 Å². The second-order valence-electron chi connectivity index (χ2n) is 4.65. The standard InChI is InChI=1S/C13H17FN2O/c1-8-5-6-9(7-11(8)14)16-13(17)10-3-2-4-12(10)15/h5-7,10,12H,2-4,15H2,1H3,(H,16,17). The molecule has 1 aliphatic rings. The molecule has 3 nitrogen and oxygen atoms in total. The van der Waals surface area contributed by atoms with Gasteiger partial charge in [0.2, 0.25) is 5.91 Å². The molecule has 0 heterocycles. The lowest BCUT2D eigenvalue weighted by Gasteiger charge is -2.15. The number of carbonyl (C=O) groups excluding carboxylic acids is 1. The highest BCUT2D eigenvalue weighted by atomic mass is 19.1. The minimum absolute atomic E-state index is 0.0645. The van der Waals surface area contributed by atoms with E-state index in [-0.39, 0.29) is 23.7 Å². The van der Waals surface area contributed by atoms with Crippen LogP contribution in [0.25, 0.3) is 0 Å². The summed E-state index contributed by atoms with van der Waals surface area (Å²) in [5.41, 5.74) is 6.92. The van der Waals surface area contributed by atoms with E-state index in [1.54, 1.807) is 19.1 Å². The summed E-state index contributed by atoms with van der Waals surface area (Å²) in [6.07, 6.45) is 2.70. The first-order valence-electron chi connectivity index (χ1n) is 5.90. The predicted molar refractivity (Wildman–Crippen MR) is 65.1 cm³/mol. The number of benzene rings is 1. The van der Waals surface area contributed by atoms with Gasteiger partial charge in [-0.15, -0.1) is 0 Å². The number of hydrogen-bond acceptors (Lipinski definition) is 2. The van der Waals surface area contributed by atoms with Gasteiger partial charge >= 0.3 is 0 Å². The van der Waals surface area contributed by atoms with Gasteiger partial charge in [0.15, 0.2) is 0 Å². The van der Waals surface area contributed by atoms with Crippen molar-refractivity contribution in [3.05, 3.63) is 29.6 Å². The largest absolute Gasteiger partial charge is 0.327 e. The molecule has 1 fully saturated rings. The molecule has 2 atom stereocenters. The Kier molecular flexibility index (Phi) is 3.43. The number of nitrogens with two attached hydrogens (primary N) is 1. The summed E-state index contributed by atoms with van der Waals surface area (Å²) in [6.45, 7) is 1.69. The number of hydrogen-bond donors (Lipinski definition) is 2. The van der Waals surface area contributed by atoms with Gasteiger partial charge in [-0.05, 0) is 37.5 Å². The number of aryl methyl sites for hydroxylation is 1. The van der Waals surface area contributed by atoms with Crippen LogP contribution in [0.1, 0.15) is 24.8 Å². The van der Waals surface area contributed by atoms with Crippen molar-refractivity contribution in [2.75, 3.05) is 5.32 Å². The normalized spacial score (nSPS) is 23.7. The smallest absolute Gasteiger partial charge is 0.229 e. The molecule has 0 bridgehead atoms. The third kappa shape index (κ3) is 2.64. The van der Waals surface area contributed by atoms with Crippen molar-refractivity contribution >= 4 is 11.6 Å². The summed E-state index contributed by atoms with van der Waals surface area (Å²) in [6, 6.07) is 4.63. The van der Waals surface area contributed by atoms with Gasteiger partial charge in [-0.3, -0.25) is 4.79 Å². The maximum Gasteiger partial charge on any atom is 0.229 e. The topological polar surface area (TPSA) is 55.1 Å². The Hall–Kier alpha value is -1.42. The zero-order valence-electron chi connectivity index (χ0n) is 9.87. The van der Waals surface area contributed by atoms with E-state index < -0.39 is 0 Å². The van der Waals surface area contributed by atoms with Gasteiger partial charge in [-0.25, -0.2) is 4.39 Å². The molecular formula is C13H17FN2O. The van der Waals surface area contributed by atoms with Crippen LogP contribution >= 0.6 is 0 Å². The fourth-order valence-electron chi connectivity index (χ4n) is 2.22. The average Bonchev–Trinajstić information content (AvgIpc) is 2.70. The lowest BCUT2D eigenvalue weighted by molar-refractivity contribution is -0.120. The molecule has 1 aromatic rings. The highest BCUT2D eigenvalue weighted by Crippen LogP contribution is 2.25. The maximum absolute atomic E-state index is 13.3. The molecular weight excluding hydrogens is 219 g/mol. The van der Waals surface area contributed by atoms with Gasteiger partial charge in [-0.1, -0.05) is 12.5 Å². The Bertz CT molecular complexity index is 433. The first-order valence-corrected chi connectivity index (χ1v) is 5.90. The lowest BCUT2D eigenvalue weighted by Crippen LogP contribution is -2.34. The van der Waals surface area contributed by atoms with Gasteiger partial charge < -0.3 is 11.1 Å². The molecule has 0 saturated heterocycles. The quantitative estimate of drug-likeness (QED) is 0.827. The van der Waals surface area contributed by atoms with Gasteiger partial charge in [0, 0.05) is 11.7 Å². The van der Waals surface area contributed by atoms with Crippen LogP contribution in [0.5, 0.6) is 0 Å². The molecule has 2 unspecified atom stereocenters. The van der Waals surface area contributed by atoms with Crippen molar-refractivity contribution in [1.29, 1.82) is 0 Å². The molecule has 2 rings (SSSR count). The van der Waals surface area contributed by atoms with E-state index in [9.17, 15) is 9.18 Å². The number of rotatable bonds is 2. The van der Waals surface area contributed by atoms with Crippen LogP contribution < -0.4 is 11.1 Å². The Labute approximate surface area is 100 Å². The lowest BCUT2D eigenvalue weighted by atomic mass is 10.0. The van der Waals surface area contributed by atoms with Crippen LogP contribution in [-0.2, 0) is 4.79 Å². The second-order valence-corrected chi connectivity index (χ2v) is 4.65. The summed E-state index contributed by atoms with van der Waals surface area (Å²) in [4.78, 5) is 11.9. The van der Waals surface area contributed by atoms with Gasteiger partial charge in [0.05, 0.1) is 5.92 Å². The zero-order valence-corrected chi connectivity index (χ0v) is 9.87. The fraction of sp³-hybridized carbons (Fsp3) is 0.462. The summed E-state index contributed by atoms with van der Waals surface area (Å²) in [5.74, 6) is -0.545. The summed E-state index contributed by atoms with van der Waals surface area (Å²) < 4.78 is 13.3. The Balaban J connectivity index is 2.05. The molecule has 1 amide bonds. The van der Waals surface area contributed by atoms with E-state index in [4.69, 9.17) is 5.73 Å². The van der Waals surface area contributed by atoms with Gasteiger partial charge in [0.1, 0.15) is 5.82 Å². The van der Waals surface area contributed by atoms with Crippen LogP contribution in [0.15, 0.2) is 18.2 Å². The Morgan fingerprint density at radius 1 is 1.47 bits per heavy atom. The molecule has 1 aromatic carbocycles. The van der Waals surface area contributed by atoms with E-state index in [0.29, 0.717) is 11.3 Å². The average molecular weight is 236 g/mol. The van der Waals surface area contributed by atoms with Crippen molar-refractivity contribution in [1.82, 2.24) is 0 Å². The van der Waals surface area contributed by atoms with Crippen LogP contribution in [0.4, 0.5) is 10.1 Å². The highest BCUT2D eigenvalue weighted by molar-refractivity contribution is 5.93. The van der Waals surface area contributed by atoms with Crippen LogP contribution in [0.3, 0.4) is 0 Å². The van der Waals surface area contributed by atoms with E-state index >= 15 is 0 Å². The van der Waals surface area contributed by atoms with Crippen LogP contribution in [0.2, 0.25) is 0 Å². The van der Waals surface area contributed by atoms with E-state index in [1.165, 1.54) is 6.07 Å². The monoisotopic (exact) mass is 236 g/mol. The first kappa shape index (κ1) is 12.0. The predicted octanol–water partition coefficient (Wildman–Crippen LogP) is 2.20. The molecule has 17 heavy (non-hydrogen) atoms. The van der Waals surface area contributed by atoms with Crippen LogP contribution in [-0.4, -0.2) is 11.9 Å². The molecule has 1 aliphatic carbocycles. The zero-order chi connectivity index (χ0) is 12.4. The van der Waals surface area contributed by atoms with E-state index in [2.05, 4.69) is 5.32 Å². The highest BCUT2D eigenvalue weighted by Gasteiger charge is 2.30. The minimum atomic E-state index is -0.307. The number of carbonyl (C=O) groups is 1. The Morgan fingerprint density at radius 2 is 2.24 bits per heavy atom. The maximum atomic E-state index is 13.3. The van der Waals surface area contributed by atoms with Crippen molar-refractivity contribution in [2.24, 2.45) is 11.7 Å². The summed E-state index contributed by atoms with van der Waals surface area (Å²) in [7, 11) is 0. The number of nitrogens with one attached hydrogen (secondary N) is 1. The molecule has 0 spiro atoms. The fourth-order valence-corrected chi connectivity index (χ4v) is 2.22. The minimum Gasteiger partial charge on any atom is -0.327 e. The molecule has 3 N–H and O–H groups in total. The third-order valence-electron chi connectivity index (χ3n) is 3.35. The van der Waals surface area contributed by atoms with E-state index in [0.717, 1.165) is 19.3 Å². The van der Waals surface area contributed by atoms with Crippen molar-refractivity contribution in [2.45, 2.75) is 32.2 Å². The summed E-state index contributed by atoms with van der Waals surface area (Å²) >= 11 is 0. The van der Waals surface area contributed by atoms with Crippen molar-refractivity contribution in [3.63, 3.8) is 0 Å². The molecule has 4 heteroatoms. The molecule has 1 saturated carbocycles. The van der Waals surface area contributed by atoms with Crippen molar-refractivity contribution in [3.8, 4) is 0 Å². The van der Waals surface area contributed by atoms with Gasteiger partial charge in [-0.2, -0.15) is 0 Å². The Morgan fingerprint density at radius 3 is 2.82 bits per heavy atom. The van der Waals surface area contributed by atoms with Gasteiger partial charge in [0.25, 0.3) is 0 Å². The number of anilines is 1. The van der Waals surface area contributed by atoms with E-state index in [1.807, 2.05) is 0 Å². The number of halogens is 1. The third-order valence-corrected chi connectivity index (χ3v) is 3.35.